The van der Waals surface area contributed by atoms with Crippen LogP contribution in [0.25, 0.3) is 11.4 Å². The highest BCUT2D eigenvalue weighted by molar-refractivity contribution is 5.85. The van der Waals surface area contributed by atoms with Crippen LogP contribution in [0.2, 0.25) is 0 Å². The molecule has 10 heteroatoms. The number of non-ortho nitro benzene ring substituents is 1. The van der Waals surface area contributed by atoms with E-state index in [-0.39, 0.29) is 24.0 Å². The molecule has 1 saturated carbocycles. The number of rotatable bonds is 5. The van der Waals surface area contributed by atoms with Crippen LogP contribution in [0.4, 0.5) is 5.69 Å². The largest absolute Gasteiger partial charge is 0.481 e. The Hall–Kier alpha value is -2.52. The molecule has 1 N–H and O–H groups in total. The minimum absolute atomic E-state index is 0. The molecule has 9 nitrogen and oxygen atoms in total. The SMILES string of the molecule is Cl.O=C(O)[C@@]12CCC[C@H]1CN(Cc1nc(-c3ccc([N+](=O)[O-])cc3)no1)C2. The van der Waals surface area contributed by atoms with Crippen LogP contribution in [0.5, 0.6) is 0 Å². The van der Waals surface area contributed by atoms with Crippen LogP contribution in [-0.4, -0.2) is 44.1 Å². The Bertz CT molecular complexity index is 855. The van der Waals surface area contributed by atoms with Crippen molar-refractivity contribution in [2.45, 2.75) is 25.8 Å². The van der Waals surface area contributed by atoms with Crippen molar-refractivity contribution in [3.63, 3.8) is 0 Å². The van der Waals surface area contributed by atoms with E-state index < -0.39 is 16.3 Å². The lowest BCUT2D eigenvalue weighted by molar-refractivity contribution is -0.384. The second kappa shape index (κ2) is 7.24. The van der Waals surface area contributed by atoms with Gasteiger partial charge >= 0.3 is 5.97 Å². The number of hydrogen-bond donors (Lipinski definition) is 1. The average molecular weight is 395 g/mol. The smallest absolute Gasteiger partial charge is 0.311 e. The highest BCUT2D eigenvalue weighted by atomic mass is 35.5. The van der Waals surface area contributed by atoms with Crippen LogP contribution in [0.15, 0.2) is 28.8 Å². The van der Waals surface area contributed by atoms with Gasteiger partial charge in [0.05, 0.1) is 16.9 Å². The Kier molecular flexibility index (Phi) is 5.16. The average Bonchev–Trinajstić information content (AvgIpc) is 3.29. The van der Waals surface area contributed by atoms with Crippen LogP contribution in [0.3, 0.4) is 0 Å². The molecular weight excluding hydrogens is 376 g/mol. The van der Waals surface area contributed by atoms with Crippen molar-refractivity contribution < 1.29 is 19.3 Å². The molecule has 2 aliphatic rings. The highest BCUT2D eigenvalue weighted by Gasteiger charge is 2.54. The van der Waals surface area contributed by atoms with Crippen molar-refractivity contribution in [2.75, 3.05) is 13.1 Å². The Morgan fingerprint density at radius 3 is 2.78 bits per heavy atom. The fourth-order valence-electron chi connectivity index (χ4n) is 4.22. The number of benzene rings is 1. The first kappa shape index (κ1) is 19.2. The summed E-state index contributed by atoms with van der Waals surface area (Å²) in [7, 11) is 0. The molecule has 1 aliphatic carbocycles. The first-order valence-corrected chi connectivity index (χ1v) is 8.51. The van der Waals surface area contributed by atoms with Gasteiger partial charge in [0, 0.05) is 30.8 Å². The second-order valence-corrected chi connectivity index (χ2v) is 7.04. The van der Waals surface area contributed by atoms with E-state index in [0.29, 0.717) is 30.4 Å². The maximum absolute atomic E-state index is 11.7. The van der Waals surface area contributed by atoms with Gasteiger partial charge in [0.15, 0.2) is 0 Å². The Labute approximate surface area is 160 Å². The van der Waals surface area contributed by atoms with Crippen molar-refractivity contribution >= 4 is 24.1 Å². The molecule has 1 saturated heterocycles. The predicted molar refractivity (Wildman–Crippen MR) is 96.3 cm³/mol. The molecule has 1 aliphatic heterocycles. The van der Waals surface area contributed by atoms with Crippen molar-refractivity contribution in [3.05, 3.63) is 40.3 Å². The normalized spacial score (nSPS) is 24.4. The molecule has 0 amide bonds. The summed E-state index contributed by atoms with van der Waals surface area (Å²) in [4.78, 5) is 28.4. The minimum Gasteiger partial charge on any atom is -0.481 e. The number of nitro benzene ring substituents is 1. The molecule has 0 spiro atoms. The number of halogens is 1. The standard InChI is InChI=1S/C17H18N4O5.ClH/c22-16(23)17-7-1-2-12(17)8-20(10-17)9-14-18-15(19-26-14)11-3-5-13(6-4-11)21(24)25;/h3-6,12H,1-2,7-10H2,(H,22,23);1H/t12-,17+;/m0./s1. The van der Waals surface area contributed by atoms with Crippen molar-refractivity contribution in [2.24, 2.45) is 11.3 Å². The van der Waals surface area contributed by atoms with Gasteiger partial charge in [-0.1, -0.05) is 11.6 Å². The summed E-state index contributed by atoms with van der Waals surface area (Å²) in [5.74, 6) is 0.248. The molecular formula is C17H19ClN4O5. The lowest BCUT2D eigenvalue weighted by Crippen LogP contribution is -2.35. The van der Waals surface area contributed by atoms with E-state index in [1.807, 2.05) is 0 Å². The fourth-order valence-corrected chi connectivity index (χ4v) is 4.22. The van der Waals surface area contributed by atoms with Gasteiger partial charge in [-0.15, -0.1) is 12.4 Å². The van der Waals surface area contributed by atoms with E-state index in [1.54, 1.807) is 12.1 Å². The van der Waals surface area contributed by atoms with Crippen LogP contribution < -0.4 is 0 Å². The van der Waals surface area contributed by atoms with Gasteiger partial charge in [-0.05, 0) is 30.9 Å². The number of nitrogens with zero attached hydrogens (tertiary/aromatic N) is 4. The third-order valence-corrected chi connectivity index (χ3v) is 5.53. The van der Waals surface area contributed by atoms with E-state index >= 15 is 0 Å². The molecule has 1 aromatic heterocycles. The van der Waals surface area contributed by atoms with E-state index in [2.05, 4.69) is 15.0 Å². The Balaban J connectivity index is 0.00000210. The summed E-state index contributed by atoms with van der Waals surface area (Å²) in [6, 6.07) is 5.94. The van der Waals surface area contributed by atoms with Gasteiger partial charge in [0.25, 0.3) is 5.69 Å². The van der Waals surface area contributed by atoms with Gasteiger partial charge < -0.3 is 9.63 Å². The first-order chi connectivity index (χ1) is 12.5. The Morgan fingerprint density at radius 2 is 2.15 bits per heavy atom. The molecule has 2 aromatic rings. The maximum atomic E-state index is 11.7. The van der Waals surface area contributed by atoms with Gasteiger partial charge in [0.2, 0.25) is 11.7 Å². The molecule has 2 atom stereocenters. The zero-order valence-electron chi connectivity index (χ0n) is 14.4. The molecule has 144 valence electrons. The number of carbonyl (C=O) groups is 1. The maximum Gasteiger partial charge on any atom is 0.311 e. The van der Waals surface area contributed by atoms with Crippen LogP contribution in [-0.2, 0) is 11.3 Å². The summed E-state index contributed by atoms with van der Waals surface area (Å²) in [5.41, 5.74) is -0.00718. The van der Waals surface area contributed by atoms with Gasteiger partial charge in [-0.25, -0.2) is 0 Å². The molecule has 0 unspecified atom stereocenters. The molecule has 1 aromatic carbocycles. The Morgan fingerprint density at radius 1 is 1.41 bits per heavy atom. The summed E-state index contributed by atoms with van der Waals surface area (Å²) in [6.45, 7) is 1.63. The first-order valence-electron chi connectivity index (χ1n) is 8.51. The van der Waals surface area contributed by atoms with Gasteiger partial charge in [-0.3, -0.25) is 19.8 Å². The second-order valence-electron chi connectivity index (χ2n) is 7.04. The van der Waals surface area contributed by atoms with Gasteiger partial charge in [-0.2, -0.15) is 4.98 Å². The van der Waals surface area contributed by atoms with E-state index in [1.165, 1.54) is 12.1 Å². The molecule has 2 heterocycles. The minimum atomic E-state index is -0.709. The number of aliphatic carboxylic acids is 1. The molecule has 0 bridgehead atoms. The summed E-state index contributed by atoms with van der Waals surface area (Å²) < 4.78 is 5.29. The number of nitro groups is 1. The zero-order chi connectivity index (χ0) is 18.3. The summed E-state index contributed by atoms with van der Waals surface area (Å²) in [5, 5.41) is 24.3. The number of aromatic nitrogens is 2. The van der Waals surface area contributed by atoms with Crippen molar-refractivity contribution in [1.82, 2.24) is 15.0 Å². The van der Waals surface area contributed by atoms with Crippen LogP contribution in [0.1, 0.15) is 25.2 Å². The lowest BCUT2D eigenvalue weighted by atomic mass is 9.81. The number of likely N-dealkylation sites (tertiary alicyclic amines) is 1. The van der Waals surface area contributed by atoms with E-state index in [4.69, 9.17) is 4.52 Å². The third kappa shape index (κ3) is 3.40. The molecule has 27 heavy (non-hydrogen) atoms. The molecule has 2 fully saturated rings. The highest BCUT2D eigenvalue weighted by Crippen LogP contribution is 2.49. The van der Waals surface area contributed by atoms with E-state index in [0.717, 1.165) is 25.8 Å². The van der Waals surface area contributed by atoms with Crippen LogP contribution >= 0.6 is 12.4 Å². The number of carboxylic acid groups (broad SMARTS) is 1. The zero-order valence-corrected chi connectivity index (χ0v) is 15.2. The topological polar surface area (TPSA) is 123 Å². The summed E-state index contributed by atoms with van der Waals surface area (Å²) >= 11 is 0. The van der Waals surface area contributed by atoms with Gasteiger partial charge in [0.1, 0.15) is 0 Å². The predicted octanol–water partition coefficient (Wildman–Crippen LogP) is 2.75. The van der Waals surface area contributed by atoms with E-state index in [9.17, 15) is 20.0 Å². The number of hydrogen-bond acceptors (Lipinski definition) is 7. The van der Waals surface area contributed by atoms with Crippen molar-refractivity contribution in [1.29, 1.82) is 0 Å². The fraction of sp³-hybridized carbons (Fsp3) is 0.471. The quantitative estimate of drug-likeness (QED) is 0.606. The number of carboxylic acids is 1. The van der Waals surface area contributed by atoms with Crippen molar-refractivity contribution in [3.8, 4) is 11.4 Å². The molecule has 4 rings (SSSR count). The molecule has 0 radical (unpaired) electrons. The summed E-state index contributed by atoms with van der Waals surface area (Å²) in [6.07, 6.45) is 2.64. The van der Waals surface area contributed by atoms with Crippen LogP contribution in [0, 0.1) is 21.4 Å². The number of fused-ring (bicyclic) bond motifs is 1. The lowest BCUT2D eigenvalue weighted by Gasteiger charge is -2.23. The monoisotopic (exact) mass is 394 g/mol. The third-order valence-electron chi connectivity index (χ3n) is 5.53.